The van der Waals surface area contributed by atoms with Gasteiger partial charge in [0.1, 0.15) is 6.23 Å². The molecule has 0 aliphatic heterocycles. The predicted molar refractivity (Wildman–Crippen MR) is 90.8 cm³/mol. The monoisotopic (exact) mass is 315 g/mol. The molecule has 4 N–H and O–H groups in total. The molecular formula is C17H30ClNO2. The van der Waals surface area contributed by atoms with Crippen LogP contribution in [0.2, 0.25) is 0 Å². The van der Waals surface area contributed by atoms with Gasteiger partial charge in [-0.05, 0) is 24.0 Å². The average molecular weight is 316 g/mol. The molecule has 0 aliphatic rings. The van der Waals surface area contributed by atoms with Gasteiger partial charge in [0.2, 0.25) is 0 Å². The number of aryl methyl sites for hydroxylation is 1. The van der Waals surface area contributed by atoms with Gasteiger partial charge in [-0.25, -0.2) is 0 Å². The van der Waals surface area contributed by atoms with Gasteiger partial charge in [-0.15, -0.1) is 12.4 Å². The predicted octanol–water partition coefficient (Wildman–Crippen LogP) is 3.36. The number of hydrogen-bond acceptors (Lipinski definition) is 3. The number of unbranched alkanes of at least 4 members (excludes halogenated alkanes) is 5. The molecular weight excluding hydrogens is 286 g/mol. The summed E-state index contributed by atoms with van der Waals surface area (Å²) in [5.74, 6) is -0.391. The van der Waals surface area contributed by atoms with Crippen molar-refractivity contribution in [1.82, 2.24) is 0 Å². The molecule has 0 aromatic heterocycles. The van der Waals surface area contributed by atoms with E-state index in [1.54, 1.807) is 0 Å². The first kappa shape index (κ1) is 20.4. The lowest BCUT2D eigenvalue weighted by Gasteiger charge is -2.17. The molecule has 0 heterocycles. The highest BCUT2D eigenvalue weighted by molar-refractivity contribution is 5.85. The van der Waals surface area contributed by atoms with Crippen LogP contribution in [-0.2, 0) is 6.42 Å². The highest BCUT2D eigenvalue weighted by Crippen LogP contribution is 2.19. The third-order valence-corrected chi connectivity index (χ3v) is 3.84. The summed E-state index contributed by atoms with van der Waals surface area (Å²) in [6, 6.07) is 8.07. The molecule has 1 aromatic rings. The van der Waals surface area contributed by atoms with Crippen LogP contribution in [0.25, 0.3) is 0 Å². The van der Waals surface area contributed by atoms with E-state index in [4.69, 9.17) is 5.73 Å². The van der Waals surface area contributed by atoms with Crippen LogP contribution in [0.5, 0.6) is 0 Å². The molecule has 21 heavy (non-hydrogen) atoms. The van der Waals surface area contributed by atoms with Crippen molar-refractivity contribution < 1.29 is 10.2 Å². The number of rotatable bonds is 10. The quantitative estimate of drug-likeness (QED) is 0.458. The van der Waals surface area contributed by atoms with Crippen LogP contribution in [0.15, 0.2) is 24.3 Å². The lowest BCUT2D eigenvalue weighted by atomic mass is 9.96. The summed E-state index contributed by atoms with van der Waals surface area (Å²) in [5, 5.41) is 18.6. The highest BCUT2D eigenvalue weighted by atomic mass is 35.5. The van der Waals surface area contributed by atoms with Gasteiger partial charge in [0, 0.05) is 5.92 Å². The van der Waals surface area contributed by atoms with Gasteiger partial charge < -0.3 is 15.9 Å². The van der Waals surface area contributed by atoms with E-state index in [1.165, 1.54) is 44.1 Å². The zero-order chi connectivity index (χ0) is 14.8. The fraction of sp³-hybridized carbons (Fsp3) is 0.647. The molecule has 1 aromatic carbocycles. The summed E-state index contributed by atoms with van der Waals surface area (Å²) in [7, 11) is 0. The molecule has 0 radical (unpaired) electrons. The van der Waals surface area contributed by atoms with E-state index in [0.29, 0.717) is 0 Å². The van der Waals surface area contributed by atoms with Crippen LogP contribution in [-0.4, -0.2) is 23.0 Å². The molecule has 4 heteroatoms. The zero-order valence-corrected chi connectivity index (χ0v) is 13.8. The molecule has 0 saturated heterocycles. The first-order valence-electron chi connectivity index (χ1n) is 7.82. The lowest BCUT2D eigenvalue weighted by Crippen LogP contribution is -2.30. The maximum absolute atomic E-state index is 9.40. The Morgan fingerprint density at radius 3 is 2.10 bits per heavy atom. The van der Waals surface area contributed by atoms with Crippen LogP contribution in [0.1, 0.15) is 62.5 Å². The maximum atomic E-state index is 9.40. The SMILES string of the molecule is CCCCCCCCc1ccc(C(CO)C(N)O)cc1.Cl. The average Bonchev–Trinajstić information content (AvgIpc) is 2.44. The smallest absolute Gasteiger partial charge is 0.111 e. The Hall–Kier alpha value is -0.610. The van der Waals surface area contributed by atoms with E-state index in [1.807, 2.05) is 12.1 Å². The Bertz CT molecular complexity index is 354. The van der Waals surface area contributed by atoms with Crippen LogP contribution >= 0.6 is 12.4 Å². The summed E-state index contributed by atoms with van der Waals surface area (Å²) in [6.45, 7) is 2.11. The van der Waals surface area contributed by atoms with E-state index < -0.39 is 12.1 Å². The van der Waals surface area contributed by atoms with Crippen molar-refractivity contribution >= 4 is 12.4 Å². The maximum Gasteiger partial charge on any atom is 0.111 e. The Morgan fingerprint density at radius 2 is 1.57 bits per heavy atom. The Kier molecular flexibility index (Phi) is 11.6. The fourth-order valence-electron chi connectivity index (χ4n) is 2.45. The minimum atomic E-state index is -1.01. The van der Waals surface area contributed by atoms with Crippen LogP contribution in [0.3, 0.4) is 0 Å². The van der Waals surface area contributed by atoms with Crippen molar-refractivity contribution in [3.63, 3.8) is 0 Å². The van der Waals surface area contributed by atoms with Gasteiger partial charge in [0.25, 0.3) is 0 Å². The number of hydrogen-bond donors (Lipinski definition) is 3. The molecule has 1 rings (SSSR count). The molecule has 0 bridgehead atoms. The number of benzene rings is 1. The van der Waals surface area contributed by atoms with Crippen molar-refractivity contribution in [1.29, 1.82) is 0 Å². The Balaban J connectivity index is 0.00000400. The van der Waals surface area contributed by atoms with E-state index in [0.717, 1.165) is 12.0 Å². The standard InChI is InChI=1S/C17H29NO2.ClH/c1-2-3-4-5-6-7-8-14-9-11-15(12-10-14)16(13-19)17(18)20;/h9-12,16-17,19-20H,2-8,13,18H2,1H3;1H. The van der Waals surface area contributed by atoms with Crippen molar-refractivity contribution in [3.8, 4) is 0 Å². The summed E-state index contributed by atoms with van der Waals surface area (Å²) in [4.78, 5) is 0. The molecule has 122 valence electrons. The van der Waals surface area contributed by atoms with Gasteiger partial charge in [0.15, 0.2) is 0 Å². The molecule has 3 nitrogen and oxygen atoms in total. The van der Waals surface area contributed by atoms with Crippen LogP contribution < -0.4 is 5.73 Å². The number of aliphatic hydroxyl groups excluding tert-OH is 2. The zero-order valence-electron chi connectivity index (χ0n) is 13.0. The third-order valence-electron chi connectivity index (χ3n) is 3.84. The lowest BCUT2D eigenvalue weighted by molar-refractivity contribution is 0.112. The molecule has 0 aliphatic carbocycles. The van der Waals surface area contributed by atoms with Crippen LogP contribution in [0.4, 0.5) is 0 Å². The van der Waals surface area contributed by atoms with Crippen LogP contribution in [0, 0.1) is 0 Å². The summed E-state index contributed by atoms with van der Waals surface area (Å²) >= 11 is 0. The first-order chi connectivity index (χ1) is 9.69. The molecule has 2 unspecified atom stereocenters. The van der Waals surface area contributed by atoms with E-state index in [9.17, 15) is 10.2 Å². The van der Waals surface area contributed by atoms with Crippen molar-refractivity contribution in [2.45, 2.75) is 64.0 Å². The van der Waals surface area contributed by atoms with Gasteiger partial charge in [0.05, 0.1) is 6.61 Å². The highest BCUT2D eigenvalue weighted by Gasteiger charge is 2.16. The van der Waals surface area contributed by atoms with Gasteiger partial charge in [-0.3, -0.25) is 0 Å². The largest absolute Gasteiger partial charge is 0.396 e. The van der Waals surface area contributed by atoms with E-state index in [2.05, 4.69) is 19.1 Å². The van der Waals surface area contributed by atoms with E-state index in [-0.39, 0.29) is 19.0 Å². The number of halogens is 1. The second kappa shape index (κ2) is 12.0. The van der Waals surface area contributed by atoms with E-state index >= 15 is 0 Å². The minimum absolute atomic E-state index is 0. The topological polar surface area (TPSA) is 66.5 Å². The second-order valence-corrected chi connectivity index (χ2v) is 5.54. The summed E-state index contributed by atoms with van der Waals surface area (Å²) in [5.41, 5.74) is 7.66. The van der Waals surface area contributed by atoms with Crippen molar-refractivity contribution in [2.24, 2.45) is 5.73 Å². The molecule has 0 fully saturated rings. The summed E-state index contributed by atoms with van der Waals surface area (Å²) < 4.78 is 0. The van der Waals surface area contributed by atoms with Gasteiger partial charge >= 0.3 is 0 Å². The molecule has 2 atom stereocenters. The van der Waals surface area contributed by atoms with Crippen molar-refractivity contribution in [2.75, 3.05) is 6.61 Å². The first-order valence-corrected chi connectivity index (χ1v) is 7.82. The Morgan fingerprint density at radius 1 is 1.00 bits per heavy atom. The molecule has 0 amide bonds. The van der Waals surface area contributed by atoms with Crippen molar-refractivity contribution in [3.05, 3.63) is 35.4 Å². The second-order valence-electron chi connectivity index (χ2n) is 5.54. The number of nitrogens with two attached hydrogens (primary N) is 1. The fourth-order valence-corrected chi connectivity index (χ4v) is 2.45. The number of aliphatic hydroxyl groups is 2. The Labute approximate surface area is 135 Å². The molecule has 0 saturated carbocycles. The summed E-state index contributed by atoms with van der Waals surface area (Å²) in [6.07, 6.45) is 7.93. The van der Waals surface area contributed by atoms with Gasteiger partial charge in [-0.2, -0.15) is 0 Å². The minimum Gasteiger partial charge on any atom is -0.396 e. The van der Waals surface area contributed by atoms with Gasteiger partial charge in [-0.1, -0.05) is 63.3 Å². The normalized spacial score (nSPS) is 13.5. The third kappa shape index (κ3) is 7.82. The molecule has 0 spiro atoms.